The fourth-order valence-electron chi connectivity index (χ4n) is 4.56. The third kappa shape index (κ3) is 5.58. The lowest BCUT2D eigenvalue weighted by molar-refractivity contribution is -0.175. The monoisotopic (exact) mass is 390 g/mol. The average Bonchev–Trinajstić information content (AvgIpc) is 2.80. The third-order valence-electron chi connectivity index (χ3n) is 6.33. The van der Waals surface area contributed by atoms with Crippen molar-refractivity contribution in [3.8, 4) is 11.1 Å². The lowest BCUT2D eigenvalue weighted by atomic mass is 9.81. The van der Waals surface area contributed by atoms with Crippen molar-refractivity contribution in [1.29, 1.82) is 0 Å². The molecule has 29 heavy (non-hydrogen) atoms. The van der Waals surface area contributed by atoms with Crippen molar-refractivity contribution < 1.29 is 9.47 Å². The molecule has 1 heterocycles. The lowest BCUT2D eigenvalue weighted by Crippen LogP contribution is -2.24. The van der Waals surface area contributed by atoms with E-state index >= 15 is 0 Å². The molecule has 2 fully saturated rings. The number of allylic oxidation sites excluding steroid dienone is 1. The summed E-state index contributed by atoms with van der Waals surface area (Å²) >= 11 is 0. The number of aryl methyl sites for hydroxylation is 1. The quantitative estimate of drug-likeness (QED) is 0.492. The number of ether oxygens (including phenoxy) is 2. The van der Waals surface area contributed by atoms with E-state index in [0.717, 1.165) is 32.5 Å². The van der Waals surface area contributed by atoms with E-state index in [0.29, 0.717) is 5.92 Å². The topological polar surface area (TPSA) is 18.5 Å². The molecule has 0 radical (unpaired) electrons. The van der Waals surface area contributed by atoms with Crippen molar-refractivity contribution in [3.05, 3.63) is 71.3 Å². The summed E-state index contributed by atoms with van der Waals surface area (Å²) < 4.78 is 11.3. The lowest BCUT2D eigenvalue weighted by Gasteiger charge is -2.26. The third-order valence-corrected chi connectivity index (χ3v) is 6.33. The second kappa shape index (κ2) is 10.2. The number of hydrogen-bond donors (Lipinski definition) is 0. The SMILES string of the molecule is CCCc1ccc(-c2ccc(C3CCC(=CCC4OCCCO4)CC3)cc2)cc1. The Hall–Kier alpha value is -1.90. The molecule has 1 aliphatic heterocycles. The van der Waals surface area contributed by atoms with Gasteiger partial charge < -0.3 is 9.47 Å². The van der Waals surface area contributed by atoms with Gasteiger partial charge in [-0.25, -0.2) is 0 Å². The maximum absolute atomic E-state index is 5.66. The van der Waals surface area contributed by atoms with Gasteiger partial charge in [0.2, 0.25) is 0 Å². The molecule has 154 valence electrons. The first kappa shape index (κ1) is 20.4. The summed E-state index contributed by atoms with van der Waals surface area (Å²) in [6.07, 6.45) is 11.6. The first-order chi connectivity index (χ1) is 14.3. The Kier molecular flexibility index (Phi) is 7.18. The molecule has 0 unspecified atom stereocenters. The summed E-state index contributed by atoms with van der Waals surface area (Å²) in [7, 11) is 0. The van der Waals surface area contributed by atoms with Crippen LogP contribution in [-0.4, -0.2) is 19.5 Å². The smallest absolute Gasteiger partial charge is 0.160 e. The zero-order valence-electron chi connectivity index (χ0n) is 17.7. The summed E-state index contributed by atoms with van der Waals surface area (Å²) in [5.41, 5.74) is 7.15. The molecule has 0 bridgehead atoms. The van der Waals surface area contributed by atoms with Crippen LogP contribution >= 0.6 is 0 Å². The molecular formula is C27H34O2. The maximum atomic E-state index is 5.66. The highest BCUT2D eigenvalue weighted by Crippen LogP contribution is 2.36. The molecule has 2 aromatic rings. The molecule has 2 aromatic carbocycles. The van der Waals surface area contributed by atoms with Crippen molar-refractivity contribution in [3.63, 3.8) is 0 Å². The minimum Gasteiger partial charge on any atom is -0.352 e. The Morgan fingerprint density at radius 3 is 2.10 bits per heavy atom. The number of hydrogen-bond acceptors (Lipinski definition) is 2. The molecule has 0 spiro atoms. The van der Waals surface area contributed by atoms with Gasteiger partial charge in [0.15, 0.2) is 6.29 Å². The van der Waals surface area contributed by atoms with Crippen molar-refractivity contribution in [2.75, 3.05) is 13.2 Å². The molecule has 0 N–H and O–H groups in total. The highest BCUT2D eigenvalue weighted by molar-refractivity contribution is 5.64. The molecule has 2 aliphatic rings. The van der Waals surface area contributed by atoms with Crippen LogP contribution in [0.25, 0.3) is 11.1 Å². The van der Waals surface area contributed by atoms with E-state index < -0.39 is 0 Å². The highest BCUT2D eigenvalue weighted by atomic mass is 16.7. The molecule has 1 saturated carbocycles. The average molecular weight is 391 g/mol. The zero-order chi connectivity index (χ0) is 19.9. The number of benzene rings is 2. The molecule has 1 aliphatic carbocycles. The molecule has 0 amide bonds. The fourth-order valence-corrected chi connectivity index (χ4v) is 4.56. The Labute approximate surface area is 175 Å². The van der Waals surface area contributed by atoms with Crippen molar-refractivity contribution >= 4 is 0 Å². The molecule has 0 atom stereocenters. The zero-order valence-corrected chi connectivity index (χ0v) is 17.7. The summed E-state index contributed by atoms with van der Waals surface area (Å²) in [6, 6.07) is 18.3. The van der Waals surface area contributed by atoms with Gasteiger partial charge in [0.1, 0.15) is 0 Å². The Balaban J connectivity index is 1.30. The largest absolute Gasteiger partial charge is 0.352 e. The van der Waals surface area contributed by atoms with Crippen LogP contribution in [0, 0.1) is 0 Å². The maximum Gasteiger partial charge on any atom is 0.160 e. The second-order valence-electron chi connectivity index (χ2n) is 8.47. The van der Waals surface area contributed by atoms with Gasteiger partial charge in [0.05, 0.1) is 13.2 Å². The predicted molar refractivity (Wildman–Crippen MR) is 120 cm³/mol. The molecular weight excluding hydrogens is 356 g/mol. The summed E-state index contributed by atoms with van der Waals surface area (Å²) in [5, 5.41) is 0. The van der Waals surface area contributed by atoms with Crippen LogP contribution in [0.3, 0.4) is 0 Å². The van der Waals surface area contributed by atoms with Gasteiger partial charge in [-0.05, 0) is 66.7 Å². The van der Waals surface area contributed by atoms with Crippen LogP contribution in [0.4, 0.5) is 0 Å². The predicted octanol–water partition coefficient (Wildman–Crippen LogP) is 7.04. The van der Waals surface area contributed by atoms with Crippen molar-refractivity contribution in [2.45, 2.75) is 70.5 Å². The van der Waals surface area contributed by atoms with Gasteiger partial charge in [-0.1, -0.05) is 73.5 Å². The molecule has 2 heteroatoms. The Morgan fingerprint density at radius 2 is 1.48 bits per heavy atom. The van der Waals surface area contributed by atoms with E-state index in [2.05, 4.69) is 61.5 Å². The van der Waals surface area contributed by atoms with Gasteiger partial charge >= 0.3 is 0 Å². The minimum atomic E-state index is -0.0162. The molecule has 2 nitrogen and oxygen atoms in total. The van der Waals surface area contributed by atoms with Crippen LogP contribution < -0.4 is 0 Å². The van der Waals surface area contributed by atoms with Crippen LogP contribution in [0.15, 0.2) is 60.2 Å². The van der Waals surface area contributed by atoms with Crippen LogP contribution in [0.2, 0.25) is 0 Å². The summed E-state index contributed by atoms with van der Waals surface area (Å²) in [4.78, 5) is 0. The van der Waals surface area contributed by atoms with E-state index in [1.54, 1.807) is 5.57 Å². The van der Waals surface area contributed by atoms with Crippen LogP contribution in [0.1, 0.15) is 68.9 Å². The van der Waals surface area contributed by atoms with E-state index in [1.807, 2.05) is 0 Å². The normalized spacial score (nSPS) is 20.6. The van der Waals surface area contributed by atoms with E-state index in [9.17, 15) is 0 Å². The van der Waals surface area contributed by atoms with Gasteiger partial charge in [-0.2, -0.15) is 0 Å². The van der Waals surface area contributed by atoms with E-state index in [-0.39, 0.29) is 6.29 Å². The highest BCUT2D eigenvalue weighted by Gasteiger charge is 2.19. The first-order valence-electron chi connectivity index (χ1n) is 11.4. The summed E-state index contributed by atoms with van der Waals surface area (Å²) in [6.45, 7) is 3.92. The molecule has 4 rings (SSSR count). The molecule has 1 saturated heterocycles. The minimum absolute atomic E-state index is 0.0162. The van der Waals surface area contributed by atoms with Crippen LogP contribution in [0.5, 0.6) is 0 Å². The standard InChI is InChI=1S/C27H34O2/c1-2-4-21-5-10-23(11-6-21)25-14-16-26(17-15-25)24-12-7-22(8-13-24)9-18-27-28-19-3-20-29-27/h5-6,9-11,14-17,24,27H,2-4,7-8,12-13,18-20H2,1H3. The van der Waals surface area contributed by atoms with Gasteiger partial charge in [0.25, 0.3) is 0 Å². The van der Waals surface area contributed by atoms with Gasteiger partial charge in [-0.3, -0.25) is 0 Å². The van der Waals surface area contributed by atoms with Gasteiger partial charge in [0, 0.05) is 6.42 Å². The number of rotatable bonds is 6. The van der Waals surface area contributed by atoms with Crippen molar-refractivity contribution in [1.82, 2.24) is 0 Å². The van der Waals surface area contributed by atoms with E-state index in [4.69, 9.17) is 9.47 Å². The Bertz CT molecular complexity index is 772. The van der Waals surface area contributed by atoms with Crippen molar-refractivity contribution in [2.24, 2.45) is 0 Å². The fraction of sp³-hybridized carbons (Fsp3) is 0.481. The van der Waals surface area contributed by atoms with E-state index in [1.165, 1.54) is 54.4 Å². The van der Waals surface area contributed by atoms with Crippen LogP contribution in [-0.2, 0) is 15.9 Å². The first-order valence-corrected chi connectivity index (χ1v) is 11.4. The van der Waals surface area contributed by atoms with Gasteiger partial charge in [-0.15, -0.1) is 0 Å². The Morgan fingerprint density at radius 1 is 0.862 bits per heavy atom. The summed E-state index contributed by atoms with van der Waals surface area (Å²) in [5.74, 6) is 0.690. The molecule has 0 aromatic heterocycles. The second-order valence-corrected chi connectivity index (χ2v) is 8.47.